The second-order valence-electron chi connectivity index (χ2n) is 6.09. The van der Waals surface area contributed by atoms with Gasteiger partial charge in [-0.1, -0.05) is 48.0 Å². The highest BCUT2D eigenvalue weighted by molar-refractivity contribution is 5.91. The van der Waals surface area contributed by atoms with Crippen LogP contribution in [-0.4, -0.2) is 10.9 Å². The largest absolute Gasteiger partial charge is 0.380 e. The van der Waals surface area contributed by atoms with Crippen LogP contribution in [0.15, 0.2) is 66.9 Å². The summed E-state index contributed by atoms with van der Waals surface area (Å²) < 4.78 is 13.6. The quantitative estimate of drug-likeness (QED) is 0.697. The number of aromatic nitrogens is 1. The van der Waals surface area contributed by atoms with Crippen LogP contribution in [0.4, 0.5) is 15.9 Å². The van der Waals surface area contributed by atoms with Crippen molar-refractivity contribution in [1.82, 2.24) is 4.98 Å². The Kier molecular flexibility index (Phi) is 5.59. The molecule has 26 heavy (non-hydrogen) atoms. The maximum Gasteiger partial charge on any atom is 0.229 e. The van der Waals surface area contributed by atoms with Gasteiger partial charge < -0.3 is 10.6 Å². The van der Waals surface area contributed by atoms with Gasteiger partial charge in [0.25, 0.3) is 0 Å². The van der Waals surface area contributed by atoms with E-state index in [4.69, 9.17) is 0 Å². The number of hydrogen-bond acceptors (Lipinski definition) is 3. The van der Waals surface area contributed by atoms with Gasteiger partial charge in [-0.2, -0.15) is 0 Å². The lowest BCUT2D eigenvalue weighted by Gasteiger charge is -2.09. The molecule has 1 amide bonds. The normalized spacial score (nSPS) is 10.4. The SMILES string of the molecule is Cc1ccc(CC(=O)Nc2ccc(NCc3ccccc3F)cn2)cc1. The Morgan fingerprint density at radius 2 is 1.81 bits per heavy atom. The lowest BCUT2D eigenvalue weighted by Crippen LogP contribution is -2.15. The van der Waals surface area contributed by atoms with Crippen molar-refractivity contribution in [3.05, 3.63) is 89.4 Å². The Hall–Kier alpha value is -3.21. The van der Waals surface area contributed by atoms with Gasteiger partial charge in [-0.25, -0.2) is 9.37 Å². The number of halogens is 1. The van der Waals surface area contributed by atoms with Crippen LogP contribution in [0.3, 0.4) is 0 Å². The Morgan fingerprint density at radius 1 is 1.04 bits per heavy atom. The fraction of sp³-hybridized carbons (Fsp3) is 0.143. The summed E-state index contributed by atoms with van der Waals surface area (Å²) in [5.41, 5.74) is 3.46. The van der Waals surface area contributed by atoms with Crippen molar-refractivity contribution in [1.29, 1.82) is 0 Å². The average Bonchev–Trinajstić information content (AvgIpc) is 2.64. The van der Waals surface area contributed by atoms with Gasteiger partial charge in [-0.05, 0) is 30.7 Å². The van der Waals surface area contributed by atoms with Gasteiger partial charge in [0.2, 0.25) is 5.91 Å². The molecule has 0 saturated carbocycles. The number of aryl methyl sites for hydroxylation is 1. The van der Waals surface area contributed by atoms with E-state index in [1.807, 2.05) is 31.2 Å². The molecule has 0 saturated heterocycles. The first-order valence-electron chi connectivity index (χ1n) is 8.39. The minimum atomic E-state index is -0.243. The molecule has 0 radical (unpaired) electrons. The number of pyridine rings is 1. The van der Waals surface area contributed by atoms with Crippen molar-refractivity contribution >= 4 is 17.4 Å². The Balaban J connectivity index is 1.53. The van der Waals surface area contributed by atoms with Crippen LogP contribution >= 0.6 is 0 Å². The van der Waals surface area contributed by atoms with Crippen molar-refractivity contribution in [3.63, 3.8) is 0 Å². The van der Waals surface area contributed by atoms with Crippen molar-refractivity contribution in [3.8, 4) is 0 Å². The molecule has 0 atom stereocenters. The van der Waals surface area contributed by atoms with Crippen molar-refractivity contribution in [2.24, 2.45) is 0 Å². The summed E-state index contributed by atoms with van der Waals surface area (Å²) in [5.74, 6) is 0.125. The number of carbonyl (C=O) groups is 1. The Bertz CT molecular complexity index is 877. The van der Waals surface area contributed by atoms with E-state index in [0.717, 1.165) is 16.8 Å². The molecule has 0 aliphatic heterocycles. The van der Waals surface area contributed by atoms with Gasteiger partial charge in [0.05, 0.1) is 18.3 Å². The van der Waals surface area contributed by atoms with E-state index in [-0.39, 0.29) is 11.7 Å². The number of hydrogen-bond donors (Lipinski definition) is 2. The van der Waals surface area contributed by atoms with E-state index in [0.29, 0.717) is 24.3 Å². The van der Waals surface area contributed by atoms with Crippen LogP contribution in [0.2, 0.25) is 0 Å². The summed E-state index contributed by atoms with van der Waals surface area (Å²) in [5, 5.41) is 5.89. The third-order valence-electron chi connectivity index (χ3n) is 3.96. The van der Waals surface area contributed by atoms with E-state index < -0.39 is 0 Å². The average molecular weight is 349 g/mol. The van der Waals surface area contributed by atoms with Crippen LogP contribution in [0, 0.1) is 12.7 Å². The summed E-state index contributed by atoms with van der Waals surface area (Å²) in [4.78, 5) is 16.3. The molecule has 0 bridgehead atoms. The van der Waals surface area contributed by atoms with Gasteiger partial charge in [0, 0.05) is 12.1 Å². The van der Waals surface area contributed by atoms with Gasteiger partial charge >= 0.3 is 0 Å². The number of nitrogens with zero attached hydrogens (tertiary/aromatic N) is 1. The predicted molar refractivity (Wildman–Crippen MR) is 101 cm³/mol. The van der Waals surface area contributed by atoms with Gasteiger partial charge in [-0.3, -0.25) is 4.79 Å². The first-order chi connectivity index (χ1) is 12.6. The minimum absolute atomic E-state index is 0.117. The lowest BCUT2D eigenvalue weighted by atomic mass is 10.1. The number of carbonyl (C=O) groups excluding carboxylic acids is 1. The molecule has 2 aromatic carbocycles. The van der Waals surface area contributed by atoms with Crippen LogP contribution in [0.1, 0.15) is 16.7 Å². The molecular weight excluding hydrogens is 329 g/mol. The smallest absolute Gasteiger partial charge is 0.229 e. The summed E-state index contributed by atoms with van der Waals surface area (Å²) in [7, 11) is 0. The highest BCUT2D eigenvalue weighted by Gasteiger charge is 2.05. The third kappa shape index (κ3) is 4.89. The first kappa shape index (κ1) is 17.6. The molecule has 3 rings (SSSR count). The topological polar surface area (TPSA) is 54.0 Å². The van der Waals surface area contributed by atoms with Gasteiger partial charge in [0.1, 0.15) is 11.6 Å². The standard InChI is InChI=1S/C21H20FN3O/c1-15-6-8-16(9-7-15)12-21(26)25-20-11-10-18(14-24-20)23-13-17-4-2-3-5-19(17)22/h2-11,14,23H,12-13H2,1H3,(H,24,25,26). The number of amides is 1. The van der Waals surface area contributed by atoms with E-state index >= 15 is 0 Å². The molecular formula is C21H20FN3O. The third-order valence-corrected chi connectivity index (χ3v) is 3.96. The molecule has 3 aromatic rings. The molecule has 2 N–H and O–H groups in total. The van der Waals surface area contributed by atoms with Crippen molar-refractivity contribution in [2.45, 2.75) is 19.9 Å². The Morgan fingerprint density at radius 3 is 2.50 bits per heavy atom. The Labute approximate surface area is 152 Å². The van der Waals surface area contributed by atoms with Crippen LogP contribution < -0.4 is 10.6 Å². The fourth-order valence-electron chi connectivity index (χ4n) is 2.49. The monoisotopic (exact) mass is 349 g/mol. The zero-order valence-electron chi connectivity index (χ0n) is 14.5. The summed E-state index contributed by atoms with van der Waals surface area (Å²) in [6.07, 6.45) is 1.91. The van der Waals surface area contributed by atoms with E-state index in [1.165, 1.54) is 6.07 Å². The molecule has 0 aliphatic rings. The lowest BCUT2D eigenvalue weighted by molar-refractivity contribution is -0.115. The molecule has 4 nitrogen and oxygen atoms in total. The zero-order chi connectivity index (χ0) is 18.4. The summed E-state index contributed by atoms with van der Waals surface area (Å²) in [6, 6.07) is 18.0. The molecule has 132 valence electrons. The highest BCUT2D eigenvalue weighted by atomic mass is 19.1. The molecule has 0 unspecified atom stereocenters. The van der Waals surface area contributed by atoms with E-state index in [1.54, 1.807) is 36.5 Å². The fourth-order valence-corrected chi connectivity index (χ4v) is 2.49. The molecule has 5 heteroatoms. The van der Waals surface area contributed by atoms with Gasteiger partial charge in [0.15, 0.2) is 0 Å². The first-order valence-corrected chi connectivity index (χ1v) is 8.39. The molecule has 1 aromatic heterocycles. The molecule has 1 heterocycles. The molecule has 0 spiro atoms. The van der Waals surface area contributed by atoms with Crippen LogP contribution in [0.25, 0.3) is 0 Å². The maximum atomic E-state index is 13.6. The zero-order valence-corrected chi connectivity index (χ0v) is 14.5. The second kappa shape index (κ2) is 8.25. The summed E-state index contributed by atoms with van der Waals surface area (Å²) in [6.45, 7) is 2.38. The van der Waals surface area contributed by atoms with Crippen LogP contribution in [-0.2, 0) is 17.8 Å². The van der Waals surface area contributed by atoms with E-state index in [2.05, 4.69) is 15.6 Å². The van der Waals surface area contributed by atoms with Crippen LogP contribution in [0.5, 0.6) is 0 Å². The number of benzene rings is 2. The highest BCUT2D eigenvalue weighted by Crippen LogP contribution is 2.13. The maximum absolute atomic E-state index is 13.6. The number of nitrogens with one attached hydrogen (secondary N) is 2. The van der Waals surface area contributed by atoms with Crippen molar-refractivity contribution in [2.75, 3.05) is 10.6 Å². The summed E-state index contributed by atoms with van der Waals surface area (Å²) >= 11 is 0. The van der Waals surface area contributed by atoms with Crippen molar-refractivity contribution < 1.29 is 9.18 Å². The molecule has 0 fully saturated rings. The number of anilines is 2. The minimum Gasteiger partial charge on any atom is -0.380 e. The molecule has 0 aliphatic carbocycles. The second-order valence-corrected chi connectivity index (χ2v) is 6.09. The van der Waals surface area contributed by atoms with E-state index in [9.17, 15) is 9.18 Å². The van der Waals surface area contributed by atoms with Gasteiger partial charge in [-0.15, -0.1) is 0 Å². The predicted octanol–water partition coefficient (Wildman–Crippen LogP) is 4.32. The number of rotatable bonds is 6.